The second kappa shape index (κ2) is 6.39. The first kappa shape index (κ1) is 14.3. The highest BCUT2D eigenvalue weighted by Gasteiger charge is 2.08. The van der Waals surface area contributed by atoms with E-state index >= 15 is 0 Å². The van der Waals surface area contributed by atoms with Crippen LogP contribution in [0.3, 0.4) is 0 Å². The molecule has 0 fully saturated rings. The minimum atomic E-state index is -0.0793. The van der Waals surface area contributed by atoms with E-state index in [4.69, 9.17) is 10.5 Å². The van der Waals surface area contributed by atoms with E-state index in [0.717, 1.165) is 16.9 Å². The normalized spacial score (nSPS) is 12.2. The van der Waals surface area contributed by atoms with Gasteiger partial charge in [-0.2, -0.15) is 0 Å². The molecule has 2 rings (SSSR count). The third-order valence-electron chi connectivity index (χ3n) is 3.14. The van der Waals surface area contributed by atoms with E-state index in [2.05, 4.69) is 0 Å². The van der Waals surface area contributed by atoms with Gasteiger partial charge in [0.2, 0.25) is 0 Å². The van der Waals surface area contributed by atoms with E-state index in [1.54, 1.807) is 22.9 Å². The third-order valence-corrected chi connectivity index (χ3v) is 3.14. The third kappa shape index (κ3) is 3.48. The van der Waals surface area contributed by atoms with Crippen LogP contribution in [0.2, 0.25) is 0 Å². The summed E-state index contributed by atoms with van der Waals surface area (Å²) >= 11 is 0. The van der Waals surface area contributed by atoms with Crippen molar-refractivity contribution in [1.82, 2.24) is 4.57 Å². The molecule has 1 aromatic carbocycles. The SMILES string of the molecule is Cc1ccc(OCCn2ccccc2=O)c([C@@H](C)N)c1. The van der Waals surface area contributed by atoms with Crippen LogP contribution in [0.25, 0.3) is 0 Å². The number of benzene rings is 1. The molecule has 0 bridgehead atoms. The van der Waals surface area contributed by atoms with Crippen molar-refractivity contribution in [1.29, 1.82) is 0 Å². The van der Waals surface area contributed by atoms with E-state index in [9.17, 15) is 4.79 Å². The summed E-state index contributed by atoms with van der Waals surface area (Å²) < 4.78 is 7.40. The van der Waals surface area contributed by atoms with Crippen molar-refractivity contribution in [2.45, 2.75) is 26.4 Å². The molecule has 0 spiro atoms. The number of hydrogen-bond acceptors (Lipinski definition) is 3. The fourth-order valence-electron chi connectivity index (χ4n) is 2.05. The summed E-state index contributed by atoms with van der Waals surface area (Å²) in [4.78, 5) is 11.6. The molecular formula is C16H20N2O2. The van der Waals surface area contributed by atoms with Crippen molar-refractivity contribution in [3.05, 3.63) is 64.1 Å². The predicted octanol–water partition coefficient (Wildman–Crippen LogP) is 2.26. The van der Waals surface area contributed by atoms with E-state index < -0.39 is 0 Å². The molecule has 0 saturated carbocycles. The summed E-state index contributed by atoms with van der Waals surface area (Å²) in [5, 5.41) is 0. The van der Waals surface area contributed by atoms with Gasteiger partial charge in [-0.3, -0.25) is 4.79 Å². The fraction of sp³-hybridized carbons (Fsp3) is 0.312. The van der Waals surface area contributed by atoms with Gasteiger partial charge in [-0.1, -0.05) is 23.8 Å². The van der Waals surface area contributed by atoms with Gasteiger partial charge < -0.3 is 15.0 Å². The average molecular weight is 272 g/mol. The molecule has 4 nitrogen and oxygen atoms in total. The summed E-state index contributed by atoms with van der Waals surface area (Å²) in [6, 6.07) is 11.0. The lowest BCUT2D eigenvalue weighted by Gasteiger charge is -2.15. The molecule has 0 aliphatic heterocycles. The highest BCUT2D eigenvalue weighted by molar-refractivity contribution is 5.38. The molecule has 20 heavy (non-hydrogen) atoms. The average Bonchev–Trinajstić information content (AvgIpc) is 2.42. The second-order valence-electron chi connectivity index (χ2n) is 4.91. The second-order valence-corrected chi connectivity index (χ2v) is 4.91. The Morgan fingerprint density at radius 1 is 1.30 bits per heavy atom. The lowest BCUT2D eigenvalue weighted by molar-refractivity contribution is 0.292. The quantitative estimate of drug-likeness (QED) is 0.908. The molecule has 1 aromatic heterocycles. The minimum Gasteiger partial charge on any atom is -0.491 e. The van der Waals surface area contributed by atoms with Gasteiger partial charge in [0, 0.05) is 23.9 Å². The van der Waals surface area contributed by atoms with Gasteiger partial charge in [0.25, 0.3) is 5.56 Å². The zero-order chi connectivity index (χ0) is 14.5. The van der Waals surface area contributed by atoms with Crippen molar-refractivity contribution in [3.63, 3.8) is 0 Å². The minimum absolute atomic E-state index is 0.0209. The van der Waals surface area contributed by atoms with Crippen LogP contribution in [0.4, 0.5) is 0 Å². The largest absolute Gasteiger partial charge is 0.491 e. The molecule has 0 saturated heterocycles. The number of aromatic nitrogens is 1. The van der Waals surface area contributed by atoms with E-state index in [1.165, 1.54) is 0 Å². The van der Waals surface area contributed by atoms with Crippen LogP contribution in [0.1, 0.15) is 24.1 Å². The van der Waals surface area contributed by atoms with Gasteiger partial charge in [-0.25, -0.2) is 0 Å². The van der Waals surface area contributed by atoms with E-state index in [0.29, 0.717) is 13.2 Å². The molecule has 1 heterocycles. The Hall–Kier alpha value is -2.07. The first-order chi connectivity index (χ1) is 9.58. The first-order valence-corrected chi connectivity index (χ1v) is 6.72. The van der Waals surface area contributed by atoms with Crippen LogP contribution in [-0.2, 0) is 6.54 Å². The number of aryl methyl sites for hydroxylation is 1. The topological polar surface area (TPSA) is 57.2 Å². The molecule has 0 amide bonds. The monoisotopic (exact) mass is 272 g/mol. The zero-order valence-electron chi connectivity index (χ0n) is 11.9. The molecule has 0 unspecified atom stereocenters. The first-order valence-electron chi connectivity index (χ1n) is 6.72. The van der Waals surface area contributed by atoms with Crippen molar-refractivity contribution in [3.8, 4) is 5.75 Å². The number of pyridine rings is 1. The Morgan fingerprint density at radius 2 is 2.10 bits per heavy atom. The van der Waals surface area contributed by atoms with Crippen LogP contribution >= 0.6 is 0 Å². The molecule has 4 heteroatoms. The van der Waals surface area contributed by atoms with Crippen molar-refractivity contribution < 1.29 is 4.74 Å². The Morgan fingerprint density at radius 3 is 2.80 bits per heavy atom. The highest BCUT2D eigenvalue weighted by Crippen LogP contribution is 2.24. The van der Waals surface area contributed by atoms with Crippen LogP contribution in [0, 0.1) is 6.92 Å². The Kier molecular flexibility index (Phi) is 4.58. The molecule has 0 aliphatic carbocycles. The van der Waals surface area contributed by atoms with Crippen LogP contribution in [0.5, 0.6) is 5.75 Å². The van der Waals surface area contributed by atoms with E-state index in [1.807, 2.05) is 38.1 Å². The van der Waals surface area contributed by atoms with Gasteiger partial charge >= 0.3 is 0 Å². The maximum absolute atomic E-state index is 11.6. The summed E-state index contributed by atoms with van der Waals surface area (Å²) in [7, 11) is 0. The highest BCUT2D eigenvalue weighted by atomic mass is 16.5. The van der Waals surface area contributed by atoms with Crippen molar-refractivity contribution in [2.75, 3.05) is 6.61 Å². The van der Waals surface area contributed by atoms with Crippen LogP contribution < -0.4 is 16.0 Å². The molecular weight excluding hydrogens is 252 g/mol. The molecule has 106 valence electrons. The molecule has 0 radical (unpaired) electrons. The van der Waals surface area contributed by atoms with Gasteiger partial charge in [-0.15, -0.1) is 0 Å². The van der Waals surface area contributed by atoms with Gasteiger partial charge in [0.1, 0.15) is 12.4 Å². The standard InChI is InChI=1S/C16H20N2O2/c1-12-6-7-15(14(11-12)13(2)17)20-10-9-18-8-4-3-5-16(18)19/h3-8,11,13H,9-10,17H2,1-2H3/t13-/m1/s1. The number of nitrogens with two attached hydrogens (primary N) is 1. The Balaban J connectivity index is 2.05. The van der Waals surface area contributed by atoms with Gasteiger partial charge in [-0.05, 0) is 26.0 Å². The number of hydrogen-bond donors (Lipinski definition) is 1. The smallest absolute Gasteiger partial charge is 0.250 e. The van der Waals surface area contributed by atoms with Crippen LogP contribution in [0.15, 0.2) is 47.4 Å². The van der Waals surface area contributed by atoms with Gasteiger partial charge in [0.15, 0.2) is 0 Å². The molecule has 0 aliphatic rings. The predicted molar refractivity (Wildman–Crippen MR) is 80.0 cm³/mol. The lowest BCUT2D eigenvalue weighted by atomic mass is 10.1. The van der Waals surface area contributed by atoms with Crippen molar-refractivity contribution >= 4 is 0 Å². The summed E-state index contributed by atoms with van der Waals surface area (Å²) in [5.41, 5.74) is 8.08. The molecule has 2 N–H and O–H groups in total. The molecule has 2 aromatic rings. The van der Waals surface area contributed by atoms with Crippen LogP contribution in [-0.4, -0.2) is 11.2 Å². The zero-order valence-corrected chi connectivity index (χ0v) is 11.9. The molecule has 1 atom stereocenters. The Bertz CT molecular complexity index is 632. The fourth-order valence-corrected chi connectivity index (χ4v) is 2.05. The Labute approximate surface area is 118 Å². The maximum Gasteiger partial charge on any atom is 0.250 e. The lowest BCUT2D eigenvalue weighted by Crippen LogP contribution is -2.21. The summed E-state index contributed by atoms with van der Waals surface area (Å²) in [6.45, 7) is 4.92. The number of ether oxygens (including phenoxy) is 1. The van der Waals surface area contributed by atoms with Gasteiger partial charge in [0.05, 0.1) is 6.54 Å². The number of nitrogens with zero attached hydrogens (tertiary/aromatic N) is 1. The number of rotatable bonds is 5. The van der Waals surface area contributed by atoms with E-state index in [-0.39, 0.29) is 11.6 Å². The summed E-state index contributed by atoms with van der Waals surface area (Å²) in [6.07, 6.45) is 1.76. The summed E-state index contributed by atoms with van der Waals surface area (Å²) in [5.74, 6) is 0.787. The van der Waals surface area contributed by atoms with Crippen molar-refractivity contribution in [2.24, 2.45) is 5.73 Å². The maximum atomic E-state index is 11.6.